The van der Waals surface area contributed by atoms with Crippen molar-refractivity contribution in [2.45, 2.75) is 77.6 Å². The number of hydrogen-bond donors (Lipinski definition) is 4. The van der Waals surface area contributed by atoms with E-state index >= 15 is 0 Å². The largest absolute Gasteiger partial charge is 0.327 e. The number of carbonyl (C=O) groups excluding carboxylic acids is 4. The Morgan fingerprint density at radius 1 is 0.844 bits per heavy atom. The van der Waals surface area contributed by atoms with Gasteiger partial charge in [0.15, 0.2) is 0 Å². The fraction of sp³-hybridized carbons (Fsp3) is 0.583. The third-order valence-electron chi connectivity index (χ3n) is 6.42. The zero-order valence-electron chi connectivity index (χ0n) is 18.8. The Labute approximate surface area is 189 Å². The van der Waals surface area contributed by atoms with Crippen molar-refractivity contribution in [1.29, 1.82) is 0 Å². The lowest BCUT2D eigenvalue weighted by Gasteiger charge is -2.25. The monoisotopic (exact) mass is 442 g/mol. The average molecular weight is 443 g/mol. The van der Waals surface area contributed by atoms with E-state index in [1.807, 2.05) is 0 Å². The van der Waals surface area contributed by atoms with Gasteiger partial charge in [-0.15, -0.1) is 0 Å². The highest BCUT2D eigenvalue weighted by Gasteiger charge is 2.25. The highest BCUT2D eigenvalue weighted by atomic mass is 16.2. The van der Waals surface area contributed by atoms with Crippen LogP contribution in [0.4, 0.5) is 22.7 Å². The zero-order valence-corrected chi connectivity index (χ0v) is 18.8. The van der Waals surface area contributed by atoms with Crippen molar-refractivity contribution in [3.8, 4) is 0 Å². The number of nitrogens with one attached hydrogen (secondary N) is 4. The van der Waals surface area contributed by atoms with E-state index in [1.165, 1.54) is 13.3 Å². The summed E-state index contributed by atoms with van der Waals surface area (Å²) in [5.74, 6) is -0.340. The first-order valence-electron chi connectivity index (χ1n) is 11.7. The van der Waals surface area contributed by atoms with Crippen LogP contribution in [-0.4, -0.2) is 24.1 Å². The molecule has 0 radical (unpaired) electrons. The fourth-order valence-electron chi connectivity index (χ4n) is 4.77. The number of benzene rings is 1. The number of rotatable bonds is 8. The first-order valence-corrected chi connectivity index (χ1v) is 11.7. The quantitative estimate of drug-likeness (QED) is 0.439. The molecule has 1 aromatic rings. The lowest BCUT2D eigenvalue weighted by Crippen LogP contribution is -2.27. The maximum Gasteiger partial charge on any atom is 0.227 e. The Hall–Kier alpha value is -2.90. The molecule has 4 amide bonds. The highest BCUT2D eigenvalue weighted by Crippen LogP contribution is 2.39. The molecule has 3 rings (SSSR count). The molecule has 0 saturated heterocycles. The molecule has 2 saturated carbocycles. The fourth-order valence-corrected chi connectivity index (χ4v) is 4.77. The minimum Gasteiger partial charge on any atom is -0.327 e. The van der Waals surface area contributed by atoms with E-state index in [4.69, 9.17) is 0 Å². The Morgan fingerprint density at radius 2 is 1.44 bits per heavy atom. The molecule has 8 nitrogen and oxygen atoms in total. The summed E-state index contributed by atoms with van der Waals surface area (Å²) in [7, 11) is 0. The van der Waals surface area contributed by atoms with Crippen molar-refractivity contribution in [3.05, 3.63) is 12.1 Å². The van der Waals surface area contributed by atoms with Gasteiger partial charge in [0.1, 0.15) is 0 Å². The van der Waals surface area contributed by atoms with Crippen LogP contribution in [-0.2, 0) is 19.2 Å². The standard InChI is InChI=1S/C24H34N4O4/c1-16(30)26-22-19(25-15-29)12-13-20(27-21(31)14-17-8-4-2-5-9-17)23(22)28-24(32)18-10-6-3-7-11-18/h12-13,15,17-18H,2-11,14H2,1H3,(H,25,29)(H,26,30)(H,27,31)(H,28,32). The lowest BCUT2D eigenvalue weighted by atomic mass is 9.87. The zero-order chi connectivity index (χ0) is 22.9. The van der Waals surface area contributed by atoms with Crippen LogP contribution in [0.15, 0.2) is 12.1 Å². The van der Waals surface area contributed by atoms with Crippen molar-refractivity contribution >= 4 is 46.9 Å². The number of carbonyl (C=O) groups is 4. The first-order chi connectivity index (χ1) is 15.5. The van der Waals surface area contributed by atoms with E-state index in [9.17, 15) is 19.2 Å². The Morgan fingerprint density at radius 3 is 2.06 bits per heavy atom. The summed E-state index contributed by atoms with van der Waals surface area (Å²) in [4.78, 5) is 48.8. The normalized spacial score (nSPS) is 17.3. The van der Waals surface area contributed by atoms with Crippen LogP contribution in [0.25, 0.3) is 0 Å². The molecule has 0 aromatic heterocycles. The molecule has 0 heterocycles. The molecule has 4 N–H and O–H groups in total. The summed E-state index contributed by atoms with van der Waals surface area (Å²) in [6, 6.07) is 3.25. The molecule has 8 heteroatoms. The van der Waals surface area contributed by atoms with Crippen LogP contribution >= 0.6 is 0 Å². The van der Waals surface area contributed by atoms with Crippen LogP contribution in [0.5, 0.6) is 0 Å². The van der Waals surface area contributed by atoms with Crippen molar-refractivity contribution in [2.75, 3.05) is 21.3 Å². The van der Waals surface area contributed by atoms with E-state index in [1.54, 1.807) is 12.1 Å². The molecule has 2 fully saturated rings. The summed E-state index contributed by atoms with van der Waals surface area (Å²) < 4.78 is 0. The Balaban J connectivity index is 1.87. The maximum absolute atomic E-state index is 13.0. The molecule has 0 unspecified atom stereocenters. The summed E-state index contributed by atoms with van der Waals surface area (Å²) in [6.07, 6.45) is 11.4. The second-order valence-corrected chi connectivity index (χ2v) is 8.93. The van der Waals surface area contributed by atoms with Crippen molar-refractivity contribution < 1.29 is 19.2 Å². The van der Waals surface area contributed by atoms with Gasteiger partial charge in [-0.3, -0.25) is 19.2 Å². The lowest BCUT2D eigenvalue weighted by molar-refractivity contribution is -0.121. The van der Waals surface area contributed by atoms with Crippen LogP contribution in [0.2, 0.25) is 0 Å². The Kier molecular flexibility index (Phi) is 8.64. The summed E-state index contributed by atoms with van der Waals surface area (Å²) in [5.41, 5.74) is 1.33. The molecule has 32 heavy (non-hydrogen) atoms. The summed E-state index contributed by atoms with van der Waals surface area (Å²) >= 11 is 0. The maximum atomic E-state index is 13.0. The van der Waals surface area contributed by atoms with Crippen molar-refractivity contribution in [2.24, 2.45) is 11.8 Å². The molecule has 2 aliphatic rings. The van der Waals surface area contributed by atoms with E-state index in [2.05, 4.69) is 21.3 Å². The van der Waals surface area contributed by atoms with Gasteiger partial charge in [0.25, 0.3) is 0 Å². The minimum atomic E-state index is -0.349. The molecule has 1 aromatic carbocycles. The summed E-state index contributed by atoms with van der Waals surface area (Å²) in [5, 5.41) is 11.1. The molecular weight excluding hydrogens is 408 g/mol. The molecule has 174 valence electrons. The van der Waals surface area contributed by atoms with E-state index in [0.29, 0.717) is 35.8 Å². The molecule has 0 spiro atoms. The van der Waals surface area contributed by atoms with Gasteiger partial charge < -0.3 is 21.3 Å². The molecule has 0 atom stereocenters. The van der Waals surface area contributed by atoms with Gasteiger partial charge in [0, 0.05) is 19.3 Å². The predicted molar refractivity (Wildman–Crippen MR) is 125 cm³/mol. The third kappa shape index (κ3) is 6.55. The number of hydrogen-bond acceptors (Lipinski definition) is 4. The second-order valence-electron chi connectivity index (χ2n) is 8.93. The number of anilines is 4. The SMILES string of the molecule is CC(=O)Nc1c(NC=O)ccc(NC(=O)CC2CCCCC2)c1NC(=O)C1CCCCC1. The van der Waals surface area contributed by atoms with Gasteiger partial charge in [-0.2, -0.15) is 0 Å². The highest BCUT2D eigenvalue weighted by molar-refractivity contribution is 6.10. The molecule has 2 aliphatic carbocycles. The second kappa shape index (κ2) is 11.6. The van der Waals surface area contributed by atoms with Crippen LogP contribution in [0, 0.1) is 11.8 Å². The smallest absolute Gasteiger partial charge is 0.227 e. The van der Waals surface area contributed by atoms with E-state index in [-0.39, 0.29) is 29.3 Å². The minimum absolute atomic E-state index is 0.109. The van der Waals surface area contributed by atoms with Crippen LogP contribution in [0.3, 0.4) is 0 Å². The van der Waals surface area contributed by atoms with Gasteiger partial charge in [-0.05, 0) is 43.7 Å². The van der Waals surface area contributed by atoms with Gasteiger partial charge >= 0.3 is 0 Å². The number of amides is 4. The van der Waals surface area contributed by atoms with Gasteiger partial charge in [0.05, 0.1) is 22.7 Å². The first kappa shape index (κ1) is 23.8. The van der Waals surface area contributed by atoms with Crippen molar-refractivity contribution in [1.82, 2.24) is 0 Å². The van der Waals surface area contributed by atoms with Crippen LogP contribution in [0.1, 0.15) is 77.6 Å². The predicted octanol–water partition coefficient (Wildman–Crippen LogP) is 4.64. The van der Waals surface area contributed by atoms with Crippen LogP contribution < -0.4 is 21.3 Å². The Bertz CT molecular complexity index is 843. The molecule has 0 aliphatic heterocycles. The summed E-state index contributed by atoms with van der Waals surface area (Å²) in [6.45, 7) is 1.35. The van der Waals surface area contributed by atoms with Crippen molar-refractivity contribution in [3.63, 3.8) is 0 Å². The van der Waals surface area contributed by atoms with Gasteiger partial charge in [0.2, 0.25) is 24.1 Å². The van der Waals surface area contributed by atoms with Gasteiger partial charge in [-0.1, -0.05) is 38.5 Å². The van der Waals surface area contributed by atoms with E-state index < -0.39 is 0 Å². The third-order valence-corrected chi connectivity index (χ3v) is 6.42. The topological polar surface area (TPSA) is 116 Å². The average Bonchev–Trinajstić information content (AvgIpc) is 2.78. The molecule has 0 bridgehead atoms. The molecular formula is C24H34N4O4. The van der Waals surface area contributed by atoms with E-state index in [0.717, 1.165) is 57.8 Å². The van der Waals surface area contributed by atoms with Gasteiger partial charge in [-0.25, -0.2) is 0 Å².